The van der Waals surface area contributed by atoms with Crippen molar-refractivity contribution in [2.45, 2.75) is 39.2 Å². The number of benzene rings is 1. The number of carbonyl (C=O) groups excluding carboxylic acids is 1. The minimum absolute atomic E-state index is 0.152. The number of nitrogens with one attached hydrogen (secondary N) is 1. The molecule has 0 spiro atoms. The molecule has 3 aromatic rings. The van der Waals surface area contributed by atoms with E-state index in [-0.39, 0.29) is 5.91 Å². The molecule has 30 heavy (non-hydrogen) atoms. The van der Waals surface area contributed by atoms with Crippen LogP contribution >= 0.6 is 11.3 Å². The molecule has 2 heterocycles. The molecule has 0 aliphatic heterocycles. The van der Waals surface area contributed by atoms with E-state index in [1.165, 1.54) is 28.8 Å². The van der Waals surface area contributed by atoms with Crippen molar-refractivity contribution in [1.29, 1.82) is 0 Å². The maximum absolute atomic E-state index is 12.4. The molecule has 1 amide bonds. The van der Waals surface area contributed by atoms with Crippen LogP contribution in [0, 0.1) is 5.92 Å². The van der Waals surface area contributed by atoms with Crippen LogP contribution < -0.4 is 5.43 Å². The van der Waals surface area contributed by atoms with Crippen molar-refractivity contribution < 1.29 is 4.79 Å². The summed E-state index contributed by atoms with van der Waals surface area (Å²) < 4.78 is 1.79. The molecule has 1 aliphatic rings. The zero-order valence-electron chi connectivity index (χ0n) is 17.0. The first-order chi connectivity index (χ1) is 14.7. The predicted octanol–water partition coefficient (Wildman–Crippen LogP) is 4.33. The largest absolute Gasteiger partial charge is 0.281 e. The second-order valence-electron chi connectivity index (χ2n) is 7.48. The highest BCUT2D eigenvalue weighted by Gasteiger charge is 2.21. The van der Waals surface area contributed by atoms with E-state index in [1.807, 2.05) is 30.5 Å². The summed E-state index contributed by atoms with van der Waals surface area (Å²) in [6.07, 6.45) is 11.6. The molecule has 0 radical (unpaired) electrons. The van der Waals surface area contributed by atoms with Gasteiger partial charge in [-0.15, -0.1) is 16.4 Å². The van der Waals surface area contributed by atoms with Gasteiger partial charge < -0.3 is 0 Å². The number of aromatic nitrogens is 3. The SMILES string of the molecule is CCC1CCc2sc(C(=O)N/N=C/C=C/c3cn(Cc4ccccc4)nn3)cc2C1. The molecule has 1 N–H and O–H groups in total. The Labute approximate surface area is 180 Å². The van der Waals surface area contributed by atoms with Gasteiger partial charge in [0.2, 0.25) is 0 Å². The van der Waals surface area contributed by atoms with Crippen molar-refractivity contribution in [3.05, 3.63) is 75.2 Å². The predicted molar refractivity (Wildman–Crippen MR) is 121 cm³/mol. The first-order valence-electron chi connectivity index (χ1n) is 10.3. The maximum atomic E-state index is 12.4. The Morgan fingerprint density at radius 3 is 3.07 bits per heavy atom. The average Bonchev–Trinajstić information content (AvgIpc) is 3.40. The number of hydrazone groups is 1. The highest BCUT2D eigenvalue weighted by atomic mass is 32.1. The van der Waals surface area contributed by atoms with Gasteiger partial charge in [0.05, 0.1) is 17.6 Å². The third kappa shape index (κ3) is 5.10. The molecule has 1 aliphatic carbocycles. The van der Waals surface area contributed by atoms with E-state index in [1.54, 1.807) is 34.4 Å². The van der Waals surface area contributed by atoms with Crippen molar-refractivity contribution >= 4 is 29.5 Å². The summed E-state index contributed by atoms with van der Waals surface area (Å²) in [5.41, 5.74) is 5.85. The number of thiophene rings is 1. The van der Waals surface area contributed by atoms with Crippen LogP contribution in [0.5, 0.6) is 0 Å². The van der Waals surface area contributed by atoms with Gasteiger partial charge in [0.15, 0.2) is 0 Å². The van der Waals surface area contributed by atoms with Crippen LogP contribution in [-0.2, 0) is 19.4 Å². The number of allylic oxidation sites excluding steroid dienone is 1. The van der Waals surface area contributed by atoms with Gasteiger partial charge in [0.1, 0.15) is 5.69 Å². The Morgan fingerprint density at radius 1 is 1.37 bits per heavy atom. The number of carbonyl (C=O) groups is 1. The number of fused-ring (bicyclic) bond motifs is 1. The summed E-state index contributed by atoms with van der Waals surface area (Å²) in [6.45, 7) is 2.91. The zero-order chi connectivity index (χ0) is 20.8. The van der Waals surface area contributed by atoms with Crippen LogP contribution in [0.4, 0.5) is 0 Å². The van der Waals surface area contributed by atoms with Gasteiger partial charge in [0, 0.05) is 11.1 Å². The van der Waals surface area contributed by atoms with Crippen LogP contribution in [0.3, 0.4) is 0 Å². The van der Waals surface area contributed by atoms with Crippen molar-refractivity contribution in [3.8, 4) is 0 Å². The van der Waals surface area contributed by atoms with E-state index in [0.717, 1.165) is 29.3 Å². The monoisotopic (exact) mass is 419 g/mol. The Hall–Kier alpha value is -3.06. The molecule has 0 saturated carbocycles. The molecule has 6 nitrogen and oxygen atoms in total. The lowest BCUT2D eigenvalue weighted by Crippen LogP contribution is -2.15. The molecule has 1 atom stereocenters. The van der Waals surface area contributed by atoms with Gasteiger partial charge in [-0.05, 0) is 54.5 Å². The molecule has 1 unspecified atom stereocenters. The third-order valence-electron chi connectivity index (χ3n) is 5.32. The summed E-state index contributed by atoms with van der Waals surface area (Å²) >= 11 is 1.60. The molecule has 4 rings (SSSR count). The second-order valence-corrected chi connectivity index (χ2v) is 8.62. The summed E-state index contributed by atoms with van der Waals surface area (Å²) in [6, 6.07) is 12.1. The number of hydrogen-bond donors (Lipinski definition) is 1. The lowest BCUT2D eigenvalue weighted by Gasteiger charge is -2.19. The molecular weight excluding hydrogens is 394 g/mol. The quantitative estimate of drug-likeness (QED) is 0.458. The highest BCUT2D eigenvalue weighted by Crippen LogP contribution is 2.33. The van der Waals surface area contributed by atoms with E-state index in [4.69, 9.17) is 0 Å². The molecular formula is C23H25N5OS. The van der Waals surface area contributed by atoms with Crippen molar-refractivity contribution in [2.75, 3.05) is 0 Å². The maximum Gasteiger partial charge on any atom is 0.281 e. The van der Waals surface area contributed by atoms with E-state index in [2.05, 4.69) is 39.9 Å². The van der Waals surface area contributed by atoms with Crippen molar-refractivity contribution in [3.63, 3.8) is 0 Å². The lowest BCUT2D eigenvalue weighted by molar-refractivity contribution is 0.0959. The van der Waals surface area contributed by atoms with Crippen molar-refractivity contribution in [1.82, 2.24) is 20.4 Å². The van der Waals surface area contributed by atoms with Gasteiger partial charge in [-0.1, -0.05) is 48.9 Å². The summed E-state index contributed by atoms with van der Waals surface area (Å²) in [5, 5.41) is 12.3. The summed E-state index contributed by atoms with van der Waals surface area (Å²) in [4.78, 5) is 14.5. The minimum Gasteiger partial charge on any atom is -0.266 e. The first kappa shape index (κ1) is 20.2. The molecule has 7 heteroatoms. The summed E-state index contributed by atoms with van der Waals surface area (Å²) in [7, 11) is 0. The van der Waals surface area contributed by atoms with E-state index in [0.29, 0.717) is 6.54 Å². The Balaban J connectivity index is 1.28. The number of amides is 1. The van der Waals surface area contributed by atoms with Gasteiger partial charge in [0.25, 0.3) is 5.91 Å². The average molecular weight is 420 g/mol. The molecule has 0 bridgehead atoms. The Bertz CT molecular complexity index is 1050. The molecule has 0 saturated heterocycles. The number of hydrogen-bond acceptors (Lipinski definition) is 5. The van der Waals surface area contributed by atoms with E-state index < -0.39 is 0 Å². The normalized spacial score (nSPS) is 16.2. The Morgan fingerprint density at radius 2 is 2.23 bits per heavy atom. The fourth-order valence-electron chi connectivity index (χ4n) is 3.63. The van der Waals surface area contributed by atoms with Crippen LogP contribution in [0.25, 0.3) is 6.08 Å². The summed E-state index contributed by atoms with van der Waals surface area (Å²) in [5.74, 6) is 0.595. The van der Waals surface area contributed by atoms with Gasteiger partial charge in [-0.2, -0.15) is 5.10 Å². The van der Waals surface area contributed by atoms with Gasteiger partial charge >= 0.3 is 0 Å². The number of rotatable bonds is 7. The number of nitrogens with zero attached hydrogens (tertiary/aromatic N) is 4. The van der Waals surface area contributed by atoms with E-state index in [9.17, 15) is 4.79 Å². The zero-order valence-corrected chi connectivity index (χ0v) is 17.8. The van der Waals surface area contributed by atoms with Crippen LogP contribution in [0.2, 0.25) is 0 Å². The van der Waals surface area contributed by atoms with E-state index >= 15 is 0 Å². The third-order valence-corrected chi connectivity index (χ3v) is 6.56. The van der Waals surface area contributed by atoms with Gasteiger partial charge in [-0.3, -0.25) is 4.79 Å². The standard InChI is InChI=1S/C23H25N5OS/c1-2-17-10-11-21-19(13-17)14-22(30-21)23(29)26-24-12-6-9-20-16-28(27-25-20)15-18-7-4-3-5-8-18/h3-9,12,14,16-17H,2,10-11,13,15H2,1H3,(H,26,29)/b9-6+,24-12+. The Kier molecular flexibility index (Phi) is 6.49. The fourth-order valence-corrected chi connectivity index (χ4v) is 4.73. The number of aryl methyl sites for hydroxylation is 1. The molecule has 0 fully saturated rings. The first-order valence-corrected chi connectivity index (χ1v) is 11.1. The van der Waals surface area contributed by atoms with Gasteiger partial charge in [-0.25, -0.2) is 10.1 Å². The fraction of sp³-hybridized carbons (Fsp3) is 0.304. The lowest BCUT2D eigenvalue weighted by atomic mass is 9.87. The second kappa shape index (κ2) is 9.63. The molecule has 2 aromatic heterocycles. The van der Waals surface area contributed by atoms with Crippen LogP contribution in [0.1, 0.15) is 51.1 Å². The smallest absolute Gasteiger partial charge is 0.266 e. The molecule has 1 aromatic carbocycles. The highest BCUT2D eigenvalue weighted by molar-refractivity contribution is 7.14. The van der Waals surface area contributed by atoms with Crippen LogP contribution in [-0.4, -0.2) is 27.1 Å². The van der Waals surface area contributed by atoms with Crippen LogP contribution in [0.15, 0.2) is 53.8 Å². The van der Waals surface area contributed by atoms with Crippen molar-refractivity contribution in [2.24, 2.45) is 11.0 Å². The molecule has 154 valence electrons. The topological polar surface area (TPSA) is 72.2 Å². The minimum atomic E-state index is -0.152.